The van der Waals surface area contributed by atoms with Crippen LogP contribution in [-0.4, -0.2) is 18.9 Å². The minimum absolute atomic E-state index is 0.330. The van der Waals surface area contributed by atoms with Gasteiger partial charge in [0.2, 0.25) is 6.08 Å². The maximum absolute atomic E-state index is 9.78. The number of hydrogen-bond donors (Lipinski definition) is 0. The van der Waals surface area contributed by atoms with Gasteiger partial charge in [0.1, 0.15) is 0 Å². The molecule has 0 N–H and O–H groups in total. The Labute approximate surface area is 73.8 Å². The van der Waals surface area contributed by atoms with Crippen LogP contribution in [0.15, 0.2) is 4.99 Å². The number of unbranched alkanes of at least 4 members (excludes halogenated alkanes) is 3. The lowest BCUT2D eigenvalue weighted by Crippen LogP contribution is -2.05. The van der Waals surface area contributed by atoms with Crippen LogP contribution in [0, 0.1) is 0 Å². The summed E-state index contributed by atoms with van der Waals surface area (Å²) in [5.41, 5.74) is 0. The maximum atomic E-state index is 9.78. The second-order valence-corrected chi connectivity index (χ2v) is 2.75. The van der Waals surface area contributed by atoms with E-state index < -0.39 is 0 Å². The Balaban J connectivity index is 3.13. The van der Waals surface area contributed by atoms with Gasteiger partial charge in [0.15, 0.2) is 6.23 Å². The molecule has 0 aromatic rings. The van der Waals surface area contributed by atoms with Gasteiger partial charge in [0.05, 0.1) is 0 Å². The van der Waals surface area contributed by atoms with Crippen molar-refractivity contribution in [2.75, 3.05) is 6.61 Å². The monoisotopic (exact) mass is 171 g/mol. The maximum Gasteiger partial charge on any atom is 0.237 e. The summed E-state index contributed by atoms with van der Waals surface area (Å²) in [6.45, 7) is 4.59. The highest BCUT2D eigenvalue weighted by Crippen LogP contribution is 2.00. The van der Waals surface area contributed by atoms with E-state index in [4.69, 9.17) is 4.74 Å². The number of aliphatic imine (C=N–C) groups is 1. The zero-order valence-electron chi connectivity index (χ0n) is 7.88. The molecule has 0 saturated heterocycles. The summed E-state index contributed by atoms with van der Waals surface area (Å²) in [4.78, 5) is 13.2. The molecule has 12 heavy (non-hydrogen) atoms. The predicted octanol–water partition coefficient (Wildman–Crippen LogP) is 2.27. The molecular formula is C9H17NO2. The molecule has 70 valence electrons. The van der Waals surface area contributed by atoms with Gasteiger partial charge in [-0.15, -0.1) is 0 Å². The van der Waals surface area contributed by atoms with E-state index in [1.54, 1.807) is 6.92 Å². The van der Waals surface area contributed by atoms with Crippen molar-refractivity contribution in [3.05, 3.63) is 0 Å². The lowest BCUT2D eigenvalue weighted by molar-refractivity contribution is 0.0694. The highest BCUT2D eigenvalue weighted by Gasteiger charge is 1.96. The van der Waals surface area contributed by atoms with Crippen molar-refractivity contribution in [2.24, 2.45) is 4.99 Å². The molecule has 0 aliphatic heterocycles. The second-order valence-electron chi connectivity index (χ2n) is 2.75. The van der Waals surface area contributed by atoms with Crippen LogP contribution in [-0.2, 0) is 9.53 Å². The molecule has 0 fully saturated rings. The minimum Gasteiger partial charge on any atom is -0.356 e. The smallest absolute Gasteiger partial charge is 0.237 e. The number of hydrogen-bond acceptors (Lipinski definition) is 3. The first-order valence-electron chi connectivity index (χ1n) is 4.49. The number of carbonyl (C=O) groups excluding carboxylic acids is 1. The van der Waals surface area contributed by atoms with Crippen molar-refractivity contribution in [1.29, 1.82) is 0 Å². The predicted molar refractivity (Wildman–Crippen MR) is 47.7 cm³/mol. The van der Waals surface area contributed by atoms with Crippen molar-refractivity contribution in [3.8, 4) is 0 Å². The number of nitrogens with zero attached hydrogens (tertiary/aromatic N) is 1. The van der Waals surface area contributed by atoms with Crippen LogP contribution in [0.5, 0.6) is 0 Å². The Hall–Kier alpha value is -0.660. The number of ether oxygens (including phenoxy) is 1. The van der Waals surface area contributed by atoms with Gasteiger partial charge in [0, 0.05) is 6.61 Å². The van der Waals surface area contributed by atoms with E-state index in [9.17, 15) is 4.79 Å². The Bertz CT molecular complexity index is 141. The van der Waals surface area contributed by atoms with E-state index in [1.807, 2.05) is 0 Å². The average Bonchev–Trinajstić information content (AvgIpc) is 2.05. The lowest BCUT2D eigenvalue weighted by Gasteiger charge is -2.05. The largest absolute Gasteiger partial charge is 0.356 e. The van der Waals surface area contributed by atoms with Crippen LogP contribution in [0.2, 0.25) is 0 Å². The summed E-state index contributed by atoms with van der Waals surface area (Å²) < 4.78 is 5.20. The first kappa shape index (κ1) is 11.3. The Kier molecular flexibility index (Phi) is 7.97. The van der Waals surface area contributed by atoms with E-state index in [-0.39, 0.29) is 6.23 Å². The summed E-state index contributed by atoms with van der Waals surface area (Å²) in [5, 5.41) is 0. The Morgan fingerprint density at radius 2 is 2.17 bits per heavy atom. The fourth-order valence-electron chi connectivity index (χ4n) is 0.894. The Morgan fingerprint density at radius 3 is 2.75 bits per heavy atom. The van der Waals surface area contributed by atoms with Crippen LogP contribution in [0.4, 0.5) is 0 Å². The Morgan fingerprint density at radius 1 is 1.42 bits per heavy atom. The van der Waals surface area contributed by atoms with E-state index in [0.29, 0.717) is 6.61 Å². The zero-order chi connectivity index (χ0) is 9.23. The highest BCUT2D eigenvalue weighted by molar-refractivity contribution is 5.32. The van der Waals surface area contributed by atoms with Crippen LogP contribution < -0.4 is 0 Å². The molecule has 0 aromatic heterocycles. The van der Waals surface area contributed by atoms with Crippen molar-refractivity contribution in [3.63, 3.8) is 0 Å². The van der Waals surface area contributed by atoms with E-state index in [0.717, 1.165) is 6.42 Å². The van der Waals surface area contributed by atoms with Gasteiger partial charge in [0.25, 0.3) is 0 Å². The summed E-state index contributed by atoms with van der Waals surface area (Å²) in [5.74, 6) is 0. The van der Waals surface area contributed by atoms with Gasteiger partial charge in [-0.2, -0.15) is 4.99 Å². The minimum atomic E-state index is -0.330. The van der Waals surface area contributed by atoms with E-state index in [1.165, 1.54) is 25.3 Å². The molecule has 3 heteroatoms. The van der Waals surface area contributed by atoms with Crippen molar-refractivity contribution >= 4 is 6.08 Å². The third kappa shape index (κ3) is 7.45. The summed E-state index contributed by atoms with van der Waals surface area (Å²) in [7, 11) is 0. The second kappa shape index (κ2) is 8.44. The SMILES string of the molecule is CCCCCCOC(C)N=C=O. The van der Waals surface area contributed by atoms with Gasteiger partial charge in [-0.1, -0.05) is 26.2 Å². The van der Waals surface area contributed by atoms with Gasteiger partial charge in [-0.05, 0) is 13.3 Å². The third-order valence-corrected chi connectivity index (χ3v) is 1.59. The molecule has 0 aliphatic carbocycles. The molecule has 0 heterocycles. The standard InChI is InChI=1S/C9H17NO2/c1-3-4-5-6-7-12-9(2)10-8-11/h9H,3-7H2,1-2H3. The summed E-state index contributed by atoms with van der Waals surface area (Å²) >= 11 is 0. The highest BCUT2D eigenvalue weighted by atomic mass is 16.5. The van der Waals surface area contributed by atoms with Gasteiger partial charge in [-0.25, -0.2) is 4.79 Å². The fourth-order valence-corrected chi connectivity index (χ4v) is 0.894. The molecule has 1 atom stereocenters. The molecule has 0 rings (SSSR count). The molecule has 1 unspecified atom stereocenters. The molecule has 0 amide bonds. The van der Waals surface area contributed by atoms with E-state index in [2.05, 4.69) is 11.9 Å². The third-order valence-electron chi connectivity index (χ3n) is 1.59. The number of rotatable bonds is 7. The molecule has 0 aromatic carbocycles. The van der Waals surface area contributed by atoms with Gasteiger partial charge >= 0.3 is 0 Å². The normalized spacial score (nSPS) is 12.2. The molecule has 3 nitrogen and oxygen atoms in total. The molecule has 0 aliphatic rings. The molecule has 0 saturated carbocycles. The average molecular weight is 171 g/mol. The molecular weight excluding hydrogens is 154 g/mol. The van der Waals surface area contributed by atoms with Crippen molar-refractivity contribution in [1.82, 2.24) is 0 Å². The molecule has 0 radical (unpaired) electrons. The molecule has 0 bridgehead atoms. The van der Waals surface area contributed by atoms with E-state index >= 15 is 0 Å². The first-order chi connectivity index (χ1) is 5.81. The quantitative estimate of drug-likeness (QED) is 0.335. The summed E-state index contributed by atoms with van der Waals surface area (Å²) in [6, 6.07) is 0. The summed E-state index contributed by atoms with van der Waals surface area (Å²) in [6.07, 6.45) is 5.85. The lowest BCUT2D eigenvalue weighted by atomic mass is 10.2. The molecule has 0 spiro atoms. The number of isocyanates is 1. The van der Waals surface area contributed by atoms with Crippen molar-refractivity contribution < 1.29 is 9.53 Å². The van der Waals surface area contributed by atoms with Crippen LogP contribution >= 0.6 is 0 Å². The topological polar surface area (TPSA) is 38.7 Å². The van der Waals surface area contributed by atoms with Gasteiger partial charge < -0.3 is 4.74 Å². The van der Waals surface area contributed by atoms with Crippen LogP contribution in [0.3, 0.4) is 0 Å². The fraction of sp³-hybridized carbons (Fsp3) is 0.889. The zero-order valence-corrected chi connectivity index (χ0v) is 7.88. The van der Waals surface area contributed by atoms with Gasteiger partial charge in [-0.3, -0.25) is 0 Å². The van der Waals surface area contributed by atoms with Crippen molar-refractivity contribution in [2.45, 2.75) is 45.8 Å². The van der Waals surface area contributed by atoms with Crippen LogP contribution in [0.1, 0.15) is 39.5 Å². The first-order valence-corrected chi connectivity index (χ1v) is 4.49. The van der Waals surface area contributed by atoms with Crippen LogP contribution in [0.25, 0.3) is 0 Å².